The van der Waals surface area contributed by atoms with Crippen LogP contribution in [0, 0.1) is 0 Å². The van der Waals surface area contributed by atoms with Gasteiger partial charge < -0.3 is 10.1 Å². The number of hydrogen-bond donors (Lipinski definition) is 2. The van der Waals surface area contributed by atoms with E-state index in [0.717, 1.165) is 0 Å². The van der Waals surface area contributed by atoms with Gasteiger partial charge in [0.15, 0.2) is 5.69 Å². The second kappa shape index (κ2) is 3.71. The van der Waals surface area contributed by atoms with Gasteiger partial charge in [0.05, 0.1) is 0 Å². The molecule has 0 spiro atoms. The quantitative estimate of drug-likeness (QED) is 0.759. The van der Waals surface area contributed by atoms with Crippen molar-refractivity contribution in [3.63, 3.8) is 0 Å². The maximum atomic E-state index is 12.1. The van der Waals surface area contributed by atoms with Gasteiger partial charge in [-0.05, 0) is 0 Å². The normalized spacial score (nSPS) is 11.4. The first kappa shape index (κ1) is 11.2. The number of halogens is 3. The topological polar surface area (TPSA) is 83.0 Å². The number of nitrogens with one attached hydrogen (secondary N) is 1. The van der Waals surface area contributed by atoms with Crippen molar-refractivity contribution in [3.8, 4) is 0 Å². The van der Waals surface area contributed by atoms with Gasteiger partial charge in [0.25, 0.3) is 5.56 Å². The molecule has 1 aromatic rings. The summed E-state index contributed by atoms with van der Waals surface area (Å²) in [7, 11) is 0. The Balaban J connectivity index is 3.17. The summed E-state index contributed by atoms with van der Waals surface area (Å²) >= 11 is 0. The zero-order chi connectivity index (χ0) is 11.6. The second-order valence-corrected chi connectivity index (χ2v) is 2.65. The fourth-order valence-electron chi connectivity index (χ4n) is 0.880. The zero-order valence-corrected chi connectivity index (χ0v) is 7.13. The number of aromatic amines is 1. The van der Waals surface area contributed by atoms with Crippen LogP contribution < -0.4 is 5.56 Å². The van der Waals surface area contributed by atoms with Crippen LogP contribution in [0.5, 0.6) is 0 Å². The Hall–Kier alpha value is -1.86. The van der Waals surface area contributed by atoms with E-state index in [4.69, 9.17) is 5.11 Å². The molecule has 5 nitrogen and oxygen atoms in total. The molecule has 0 aliphatic rings. The van der Waals surface area contributed by atoms with E-state index in [1.54, 1.807) is 0 Å². The van der Waals surface area contributed by atoms with Crippen LogP contribution in [0.2, 0.25) is 0 Å². The van der Waals surface area contributed by atoms with Crippen molar-refractivity contribution in [2.24, 2.45) is 0 Å². The Labute approximate surface area is 80.6 Å². The van der Waals surface area contributed by atoms with Gasteiger partial charge in [-0.3, -0.25) is 9.59 Å². The van der Waals surface area contributed by atoms with Crippen molar-refractivity contribution in [2.45, 2.75) is 12.6 Å². The van der Waals surface area contributed by atoms with Gasteiger partial charge in [0.1, 0.15) is 12.2 Å². The molecule has 8 heteroatoms. The minimum absolute atomic E-state index is 0.269. The predicted octanol–water partition coefficient (Wildman–Crippen LogP) is 0.416. The van der Waals surface area contributed by atoms with Crippen LogP contribution in [0.3, 0.4) is 0 Å². The Morgan fingerprint density at radius 1 is 1.53 bits per heavy atom. The average Bonchev–Trinajstić information content (AvgIpc) is 1.99. The first-order chi connectivity index (χ1) is 6.79. The molecule has 1 rings (SSSR count). The summed E-state index contributed by atoms with van der Waals surface area (Å²) in [4.78, 5) is 25.8. The van der Waals surface area contributed by atoms with E-state index in [1.807, 2.05) is 4.98 Å². The first-order valence-electron chi connectivity index (χ1n) is 3.68. The molecule has 0 saturated heterocycles. The summed E-state index contributed by atoms with van der Waals surface area (Å²) in [5.41, 5.74) is -2.43. The monoisotopic (exact) mass is 222 g/mol. The van der Waals surface area contributed by atoms with Crippen molar-refractivity contribution < 1.29 is 23.1 Å². The molecule has 0 atom stereocenters. The second-order valence-electron chi connectivity index (χ2n) is 2.65. The molecular formula is C7H5F3N2O3. The Morgan fingerprint density at radius 2 is 2.13 bits per heavy atom. The van der Waals surface area contributed by atoms with E-state index < -0.39 is 35.6 Å². The zero-order valence-electron chi connectivity index (χ0n) is 7.13. The highest BCUT2D eigenvalue weighted by Gasteiger charge is 2.33. The summed E-state index contributed by atoms with van der Waals surface area (Å²) in [6.45, 7) is 0. The van der Waals surface area contributed by atoms with E-state index in [1.165, 1.54) is 0 Å². The van der Waals surface area contributed by atoms with Crippen LogP contribution in [0.4, 0.5) is 13.2 Å². The molecule has 0 saturated carbocycles. The van der Waals surface area contributed by atoms with Crippen LogP contribution >= 0.6 is 0 Å². The molecule has 0 bridgehead atoms. The summed E-state index contributed by atoms with van der Waals surface area (Å²) < 4.78 is 36.4. The Bertz CT molecular complexity index is 438. The Kier molecular flexibility index (Phi) is 2.78. The number of aliphatic carboxylic acids is 1. The van der Waals surface area contributed by atoms with Crippen molar-refractivity contribution in [1.82, 2.24) is 9.97 Å². The predicted molar refractivity (Wildman–Crippen MR) is 41.2 cm³/mol. The van der Waals surface area contributed by atoms with E-state index in [9.17, 15) is 22.8 Å². The summed E-state index contributed by atoms with van der Waals surface area (Å²) in [6.07, 6.45) is -5.53. The molecule has 0 aliphatic heterocycles. The van der Waals surface area contributed by atoms with Crippen molar-refractivity contribution >= 4 is 5.97 Å². The third-order valence-corrected chi connectivity index (χ3v) is 1.40. The van der Waals surface area contributed by atoms with Gasteiger partial charge in [-0.25, -0.2) is 4.98 Å². The molecule has 1 heterocycles. The Morgan fingerprint density at radius 3 is 2.60 bits per heavy atom. The number of hydrogen-bond acceptors (Lipinski definition) is 3. The molecule has 0 aliphatic carbocycles. The molecule has 2 N–H and O–H groups in total. The number of carboxylic acids is 1. The molecule has 1 aromatic heterocycles. The summed E-state index contributed by atoms with van der Waals surface area (Å²) in [6, 6.07) is 0.269. The molecular weight excluding hydrogens is 217 g/mol. The van der Waals surface area contributed by atoms with Crippen LogP contribution in [-0.2, 0) is 17.4 Å². The highest BCUT2D eigenvalue weighted by atomic mass is 19.4. The minimum atomic E-state index is -4.76. The van der Waals surface area contributed by atoms with Crippen molar-refractivity contribution in [2.75, 3.05) is 0 Å². The lowest BCUT2D eigenvalue weighted by molar-refractivity contribution is -0.142. The van der Waals surface area contributed by atoms with Crippen LogP contribution in [-0.4, -0.2) is 21.0 Å². The van der Waals surface area contributed by atoms with Gasteiger partial charge in [0.2, 0.25) is 0 Å². The highest BCUT2D eigenvalue weighted by Crippen LogP contribution is 2.26. The molecule has 0 amide bonds. The van der Waals surface area contributed by atoms with E-state index in [-0.39, 0.29) is 6.07 Å². The average molecular weight is 222 g/mol. The highest BCUT2D eigenvalue weighted by molar-refractivity contribution is 5.68. The van der Waals surface area contributed by atoms with E-state index in [0.29, 0.717) is 0 Å². The third-order valence-electron chi connectivity index (χ3n) is 1.40. The number of alkyl halides is 3. The number of nitrogens with zero attached hydrogens (tertiary/aromatic N) is 1. The number of rotatable bonds is 2. The minimum Gasteiger partial charge on any atom is -0.481 e. The molecule has 0 fully saturated rings. The van der Waals surface area contributed by atoms with Gasteiger partial charge in [-0.2, -0.15) is 13.2 Å². The molecule has 0 aromatic carbocycles. The smallest absolute Gasteiger partial charge is 0.433 e. The van der Waals surface area contributed by atoms with Gasteiger partial charge in [-0.1, -0.05) is 0 Å². The molecule has 0 radical (unpaired) electrons. The fourth-order valence-corrected chi connectivity index (χ4v) is 0.880. The van der Waals surface area contributed by atoms with Crippen LogP contribution in [0.15, 0.2) is 10.9 Å². The van der Waals surface area contributed by atoms with Crippen LogP contribution in [0.25, 0.3) is 0 Å². The maximum absolute atomic E-state index is 12.1. The summed E-state index contributed by atoms with van der Waals surface area (Å²) in [5, 5.41) is 8.31. The lowest BCUT2D eigenvalue weighted by Gasteiger charge is -2.05. The van der Waals surface area contributed by atoms with E-state index in [2.05, 4.69) is 4.98 Å². The van der Waals surface area contributed by atoms with Gasteiger partial charge in [0, 0.05) is 6.07 Å². The largest absolute Gasteiger partial charge is 0.481 e. The summed E-state index contributed by atoms with van der Waals surface area (Å²) in [5.74, 6) is -1.90. The van der Waals surface area contributed by atoms with Crippen molar-refractivity contribution in [3.05, 3.63) is 27.9 Å². The fraction of sp³-hybridized carbons (Fsp3) is 0.286. The molecule has 82 valence electrons. The van der Waals surface area contributed by atoms with Gasteiger partial charge in [-0.15, -0.1) is 0 Å². The van der Waals surface area contributed by atoms with Gasteiger partial charge >= 0.3 is 12.1 Å². The van der Waals surface area contributed by atoms with Crippen molar-refractivity contribution in [1.29, 1.82) is 0 Å². The molecule has 15 heavy (non-hydrogen) atoms. The molecule has 0 unspecified atom stereocenters. The third kappa shape index (κ3) is 3.08. The maximum Gasteiger partial charge on any atom is 0.433 e. The number of carboxylic acid groups (broad SMARTS) is 1. The first-order valence-corrected chi connectivity index (χ1v) is 3.68. The van der Waals surface area contributed by atoms with Crippen LogP contribution in [0.1, 0.15) is 11.5 Å². The van der Waals surface area contributed by atoms with E-state index >= 15 is 0 Å². The number of H-pyrrole nitrogens is 1. The number of aromatic nitrogens is 2. The SMILES string of the molecule is O=C(O)Cc1nc(C(F)(F)F)cc(=O)[nH]1. The number of carbonyl (C=O) groups is 1. The lowest BCUT2D eigenvalue weighted by atomic mass is 10.3. The lowest BCUT2D eigenvalue weighted by Crippen LogP contribution is -2.20. The standard InChI is InChI=1S/C7H5F3N2O3/c8-7(9,10)3-1-5(13)12-4(11-3)2-6(14)15/h1H,2H2,(H,14,15)(H,11,12,13).